The number of para-hydroxylation sites is 2. The summed E-state index contributed by atoms with van der Waals surface area (Å²) >= 11 is 0. The van der Waals surface area contributed by atoms with Crippen molar-refractivity contribution in [3.05, 3.63) is 77.9 Å². The fourth-order valence-corrected chi connectivity index (χ4v) is 3.55. The SMILES string of the molecule is CN=C(NCc1ccccc1Oc1ccccc1F)N1CCOC(c2cnn(C)c2)C1.I. The largest absolute Gasteiger partial charge is 0.454 e. The minimum atomic E-state index is -0.393. The average Bonchev–Trinajstić information content (AvgIpc) is 3.23. The van der Waals surface area contributed by atoms with E-state index >= 15 is 0 Å². The Morgan fingerprint density at radius 1 is 1.22 bits per heavy atom. The lowest BCUT2D eigenvalue weighted by Gasteiger charge is -2.34. The van der Waals surface area contributed by atoms with Crippen LogP contribution in [-0.4, -0.2) is 47.4 Å². The summed E-state index contributed by atoms with van der Waals surface area (Å²) in [7, 11) is 3.66. The zero-order chi connectivity index (χ0) is 21.6. The standard InChI is InChI=1S/C23H26FN5O2.HI/c1-25-23(29-11-12-30-22(16-29)18-14-27-28(2)15-18)26-13-17-7-3-5-9-20(17)31-21-10-6-4-8-19(21)24;/h3-10,14-15,22H,11-13,16H2,1-2H3,(H,25,26);1H. The van der Waals surface area contributed by atoms with E-state index in [1.54, 1.807) is 29.9 Å². The predicted molar refractivity (Wildman–Crippen MR) is 132 cm³/mol. The summed E-state index contributed by atoms with van der Waals surface area (Å²) in [5.74, 6) is 1.19. The molecule has 1 N–H and O–H groups in total. The first kappa shape index (κ1) is 24.0. The van der Waals surface area contributed by atoms with E-state index in [4.69, 9.17) is 9.47 Å². The Morgan fingerprint density at radius 2 is 1.97 bits per heavy atom. The quantitative estimate of drug-likeness (QED) is 0.294. The molecule has 170 valence electrons. The molecule has 2 heterocycles. The highest BCUT2D eigenvalue weighted by Gasteiger charge is 2.25. The number of morpholine rings is 1. The van der Waals surface area contributed by atoms with Crippen LogP contribution in [-0.2, 0) is 18.3 Å². The Bertz CT molecular complexity index is 1060. The monoisotopic (exact) mass is 551 g/mol. The van der Waals surface area contributed by atoms with Crippen molar-refractivity contribution < 1.29 is 13.9 Å². The molecule has 7 nitrogen and oxygen atoms in total. The van der Waals surface area contributed by atoms with Gasteiger partial charge in [0, 0.05) is 44.5 Å². The smallest absolute Gasteiger partial charge is 0.194 e. The van der Waals surface area contributed by atoms with Gasteiger partial charge in [-0.25, -0.2) is 4.39 Å². The van der Waals surface area contributed by atoms with E-state index in [-0.39, 0.29) is 35.8 Å². The second-order valence-electron chi connectivity index (χ2n) is 7.29. The van der Waals surface area contributed by atoms with Crippen LogP contribution in [0.2, 0.25) is 0 Å². The predicted octanol–water partition coefficient (Wildman–Crippen LogP) is 4.12. The molecule has 4 rings (SSSR count). The number of guanidine groups is 1. The zero-order valence-electron chi connectivity index (χ0n) is 18.1. The van der Waals surface area contributed by atoms with Gasteiger partial charge < -0.3 is 19.7 Å². The summed E-state index contributed by atoms with van der Waals surface area (Å²) in [6.45, 7) is 2.52. The van der Waals surface area contributed by atoms with Crippen LogP contribution in [0.1, 0.15) is 17.2 Å². The fraction of sp³-hybridized carbons (Fsp3) is 0.304. The van der Waals surface area contributed by atoms with Crippen molar-refractivity contribution in [3.63, 3.8) is 0 Å². The van der Waals surface area contributed by atoms with E-state index < -0.39 is 5.82 Å². The Morgan fingerprint density at radius 3 is 2.69 bits per heavy atom. The number of aryl methyl sites for hydroxylation is 1. The maximum absolute atomic E-state index is 14.0. The topological polar surface area (TPSA) is 63.9 Å². The number of aliphatic imine (C=N–C) groups is 1. The molecule has 3 aromatic rings. The molecule has 1 saturated heterocycles. The zero-order valence-corrected chi connectivity index (χ0v) is 20.4. The normalized spacial score (nSPS) is 16.4. The van der Waals surface area contributed by atoms with Crippen LogP contribution in [0.3, 0.4) is 0 Å². The number of hydrogen-bond donors (Lipinski definition) is 1. The molecule has 2 aromatic carbocycles. The van der Waals surface area contributed by atoms with Crippen LogP contribution < -0.4 is 10.1 Å². The van der Waals surface area contributed by atoms with Crippen molar-refractivity contribution in [3.8, 4) is 11.5 Å². The Kier molecular flexibility index (Phi) is 8.46. The van der Waals surface area contributed by atoms with Crippen LogP contribution in [0.5, 0.6) is 11.5 Å². The number of nitrogens with zero attached hydrogens (tertiary/aromatic N) is 4. The third-order valence-corrected chi connectivity index (χ3v) is 5.14. The maximum atomic E-state index is 14.0. The molecule has 9 heteroatoms. The molecule has 1 aliphatic heterocycles. The van der Waals surface area contributed by atoms with E-state index in [1.165, 1.54) is 6.07 Å². The minimum Gasteiger partial charge on any atom is -0.454 e. The van der Waals surface area contributed by atoms with Gasteiger partial charge in [0.1, 0.15) is 11.9 Å². The fourth-order valence-electron chi connectivity index (χ4n) is 3.55. The van der Waals surface area contributed by atoms with E-state index in [0.29, 0.717) is 25.4 Å². The van der Waals surface area contributed by atoms with Gasteiger partial charge in [0.25, 0.3) is 0 Å². The van der Waals surface area contributed by atoms with E-state index in [1.807, 2.05) is 43.7 Å². The van der Waals surface area contributed by atoms with Crippen LogP contribution in [0.25, 0.3) is 0 Å². The Hall–Kier alpha value is -2.66. The van der Waals surface area contributed by atoms with Crippen molar-refractivity contribution in [1.29, 1.82) is 0 Å². The number of rotatable bonds is 5. The highest BCUT2D eigenvalue weighted by molar-refractivity contribution is 14.0. The Balaban J connectivity index is 0.00000289. The van der Waals surface area contributed by atoms with E-state index in [2.05, 4.69) is 20.3 Å². The third-order valence-electron chi connectivity index (χ3n) is 5.14. The number of halogens is 2. The Labute approximate surface area is 204 Å². The van der Waals surface area contributed by atoms with Crippen LogP contribution in [0.4, 0.5) is 4.39 Å². The first-order chi connectivity index (χ1) is 15.1. The van der Waals surface area contributed by atoms with Crippen molar-refractivity contribution in [2.24, 2.45) is 12.0 Å². The van der Waals surface area contributed by atoms with E-state index in [0.717, 1.165) is 23.6 Å². The van der Waals surface area contributed by atoms with E-state index in [9.17, 15) is 4.39 Å². The molecule has 0 spiro atoms. The van der Waals surface area contributed by atoms with Gasteiger partial charge in [-0.3, -0.25) is 9.67 Å². The minimum absolute atomic E-state index is 0. The molecular formula is C23H27FIN5O2. The summed E-state index contributed by atoms with van der Waals surface area (Å²) in [5, 5.41) is 7.64. The molecule has 1 atom stereocenters. The molecule has 1 aromatic heterocycles. The molecule has 0 amide bonds. The van der Waals surface area contributed by atoms with Crippen LogP contribution in [0, 0.1) is 5.82 Å². The van der Waals surface area contributed by atoms with Gasteiger partial charge >= 0.3 is 0 Å². The average molecular weight is 551 g/mol. The van der Waals surface area contributed by atoms with Gasteiger partial charge in [0.2, 0.25) is 0 Å². The maximum Gasteiger partial charge on any atom is 0.194 e. The lowest BCUT2D eigenvalue weighted by molar-refractivity contribution is -0.00805. The van der Waals surface area contributed by atoms with Crippen LogP contribution in [0.15, 0.2) is 65.9 Å². The van der Waals surface area contributed by atoms with Crippen molar-refractivity contribution in [2.45, 2.75) is 12.6 Å². The first-order valence-electron chi connectivity index (χ1n) is 10.2. The highest BCUT2D eigenvalue weighted by atomic mass is 127. The molecule has 0 bridgehead atoms. The second kappa shape index (κ2) is 11.3. The number of aromatic nitrogens is 2. The van der Waals surface area contributed by atoms with Gasteiger partial charge in [-0.05, 0) is 18.2 Å². The first-order valence-corrected chi connectivity index (χ1v) is 10.2. The molecular weight excluding hydrogens is 524 g/mol. The van der Waals surface area contributed by atoms with Crippen molar-refractivity contribution in [2.75, 3.05) is 26.7 Å². The molecule has 1 unspecified atom stereocenters. The molecule has 0 radical (unpaired) electrons. The number of ether oxygens (including phenoxy) is 2. The number of nitrogens with one attached hydrogen (secondary N) is 1. The van der Waals surface area contributed by atoms with Gasteiger partial charge in [-0.2, -0.15) is 5.10 Å². The molecule has 1 aliphatic rings. The van der Waals surface area contributed by atoms with Gasteiger partial charge in [-0.15, -0.1) is 24.0 Å². The van der Waals surface area contributed by atoms with Crippen molar-refractivity contribution >= 4 is 29.9 Å². The van der Waals surface area contributed by atoms with Crippen molar-refractivity contribution in [1.82, 2.24) is 20.0 Å². The second-order valence-corrected chi connectivity index (χ2v) is 7.29. The summed E-state index contributed by atoms with van der Waals surface area (Å²) in [6, 6.07) is 14.0. The lowest BCUT2D eigenvalue weighted by Crippen LogP contribution is -2.47. The van der Waals surface area contributed by atoms with Crippen LogP contribution >= 0.6 is 24.0 Å². The molecule has 0 saturated carbocycles. The lowest BCUT2D eigenvalue weighted by atomic mass is 10.1. The summed E-state index contributed by atoms with van der Waals surface area (Å²) in [5.41, 5.74) is 1.95. The molecule has 1 fully saturated rings. The van der Waals surface area contributed by atoms with Gasteiger partial charge in [0.15, 0.2) is 17.5 Å². The number of benzene rings is 2. The summed E-state index contributed by atoms with van der Waals surface area (Å²) in [6.07, 6.45) is 3.75. The van der Waals surface area contributed by atoms with Gasteiger partial charge in [0.05, 0.1) is 19.3 Å². The summed E-state index contributed by atoms with van der Waals surface area (Å²) in [4.78, 5) is 6.61. The highest BCUT2D eigenvalue weighted by Crippen LogP contribution is 2.27. The molecule has 0 aliphatic carbocycles. The summed E-state index contributed by atoms with van der Waals surface area (Å²) < 4.78 is 27.5. The molecule has 32 heavy (non-hydrogen) atoms. The van der Waals surface area contributed by atoms with Gasteiger partial charge in [-0.1, -0.05) is 30.3 Å². The third kappa shape index (κ3) is 5.77. The number of hydrogen-bond acceptors (Lipinski definition) is 4.